The molecule has 234 valence electrons. The van der Waals surface area contributed by atoms with E-state index in [1.807, 2.05) is 0 Å². The third kappa shape index (κ3) is 7.12. The second-order valence-corrected chi connectivity index (χ2v) is 10.2. The molecule has 1 aliphatic heterocycles. The molecule has 2 N–H and O–H groups in total. The number of alkyl halides is 3. The van der Waals surface area contributed by atoms with Crippen molar-refractivity contribution in [1.82, 2.24) is 5.43 Å². The Balaban J connectivity index is 2.00. The molecule has 44 heavy (non-hydrogen) atoms. The van der Waals surface area contributed by atoms with Gasteiger partial charge in [0.15, 0.2) is 5.84 Å². The van der Waals surface area contributed by atoms with E-state index in [9.17, 15) is 27.9 Å². The highest BCUT2D eigenvalue weighted by Gasteiger charge is 2.41. The van der Waals surface area contributed by atoms with Crippen molar-refractivity contribution in [3.05, 3.63) is 81.3 Å². The van der Waals surface area contributed by atoms with E-state index < -0.39 is 36.7 Å². The number of halogens is 5. The Bertz CT molecular complexity index is 1590. The van der Waals surface area contributed by atoms with Gasteiger partial charge >= 0.3 is 18.1 Å². The highest BCUT2D eigenvalue weighted by Crippen LogP contribution is 2.45. The van der Waals surface area contributed by atoms with Crippen molar-refractivity contribution in [1.29, 1.82) is 0 Å². The standard InChI is InChI=1S/C29H26Cl2F3N3O7/c1-41-17-9-7-15(22(12-17)43-3)14-37-20-10-8-16(30)11-19(20)26(18-5-4-6-21(42-2)25(18)31)44-23(13-24(38)39)27(37)35-36-28(40)29(32,33)34/h4-12,23,26H,13-14H2,1-3H3,(H,36,40)(H,38,39). The number of nitrogens with zero attached hydrogens (tertiary/aromatic N) is 2. The van der Waals surface area contributed by atoms with Gasteiger partial charge in [-0.05, 0) is 36.4 Å². The first-order valence-electron chi connectivity index (χ1n) is 12.8. The van der Waals surface area contributed by atoms with Gasteiger partial charge in [0, 0.05) is 33.5 Å². The maximum Gasteiger partial charge on any atom is 0.473 e. The zero-order chi connectivity index (χ0) is 32.2. The fourth-order valence-electron chi connectivity index (χ4n) is 4.63. The van der Waals surface area contributed by atoms with Crippen LogP contribution in [0.5, 0.6) is 17.2 Å². The number of hydrogen-bond donors (Lipinski definition) is 2. The molecule has 1 amide bonds. The lowest BCUT2D eigenvalue weighted by atomic mass is 9.98. The van der Waals surface area contributed by atoms with Crippen LogP contribution in [0, 0.1) is 0 Å². The number of hydrazone groups is 1. The van der Waals surface area contributed by atoms with Gasteiger partial charge in [-0.3, -0.25) is 9.59 Å². The molecule has 1 heterocycles. The molecule has 0 aliphatic carbocycles. The largest absolute Gasteiger partial charge is 0.497 e. The van der Waals surface area contributed by atoms with E-state index in [4.69, 9.17) is 42.1 Å². The normalized spacial score (nSPS) is 17.5. The summed E-state index contributed by atoms with van der Waals surface area (Å²) in [6.07, 6.45) is -8.65. The number of anilines is 1. The molecule has 3 aromatic carbocycles. The number of carbonyl (C=O) groups excluding carboxylic acids is 1. The fraction of sp³-hybridized carbons (Fsp3) is 0.276. The van der Waals surface area contributed by atoms with Crippen molar-refractivity contribution in [2.75, 3.05) is 26.2 Å². The van der Waals surface area contributed by atoms with Crippen molar-refractivity contribution in [2.45, 2.75) is 31.3 Å². The number of amides is 1. The molecule has 0 bridgehead atoms. The van der Waals surface area contributed by atoms with E-state index in [0.29, 0.717) is 39.6 Å². The number of carbonyl (C=O) groups is 2. The molecule has 10 nitrogen and oxygen atoms in total. The summed E-state index contributed by atoms with van der Waals surface area (Å²) in [7, 11) is 4.30. The smallest absolute Gasteiger partial charge is 0.473 e. The number of carboxylic acid groups (broad SMARTS) is 1. The Morgan fingerprint density at radius 1 is 1.00 bits per heavy atom. The first-order valence-corrected chi connectivity index (χ1v) is 13.6. The number of methoxy groups -OCH3 is 3. The lowest BCUT2D eigenvalue weighted by Crippen LogP contribution is -2.43. The van der Waals surface area contributed by atoms with E-state index in [1.54, 1.807) is 48.5 Å². The average molecular weight is 656 g/mol. The summed E-state index contributed by atoms with van der Waals surface area (Å²) in [5.74, 6) is -2.94. The molecule has 1 aliphatic rings. The molecule has 0 fully saturated rings. The van der Waals surface area contributed by atoms with Gasteiger partial charge in [-0.1, -0.05) is 35.3 Å². The number of benzene rings is 3. The molecule has 2 unspecified atom stereocenters. The summed E-state index contributed by atoms with van der Waals surface area (Å²) >= 11 is 13.1. The van der Waals surface area contributed by atoms with Crippen LogP contribution in [0.2, 0.25) is 10.0 Å². The molecule has 0 saturated carbocycles. The van der Waals surface area contributed by atoms with Crippen LogP contribution in [0.1, 0.15) is 29.2 Å². The van der Waals surface area contributed by atoms with Crippen LogP contribution in [0.15, 0.2) is 59.7 Å². The van der Waals surface area contributed by atoms with Gasteiger partial charge in [-0.2, -0.15) is 18.3 Å². The first kappa shape index (κ1) is 32.7. The molecule has 3 aromatic rings. The second-order valence-electron chi connectivity index (χ2n) is 9.34. The molecule has 0 aromatic heterocycles. The van der Waals surface area contributed by atoms with Crippen molar-refractivity contribution >= 4 is 46.6 Å². The van der Waals surface area contributed by atoms with Gasteiger partial charge in [0.2, 0.25) is 0 Å². The minimum Gasteiger partial charge on any atom is -0.497 e. The molecule has 2 atom stereocenters. The second kappa shape index (κ2) is 13.6. The predicted octanol–water partition coefficient (Wildman–Crippen LogP) is 5.98. The summed E-state index contributed by atoms with van der Waals surface area (Å²) < 4.78 is 62.1. The van der Waals surface area contributed by atoms with Crippen LogP contribution in [-0.2, 0) is 20.9 Å². The fourth-order valence-corrected chi connectivity index (χ4v) is 5.11. The predicted molar refractivity (Wildman–Crippen MR) is 156 cm³/mol. The Morgan fingerprint density at radius 3 is 2.36 bits per heavy atom. The number of fused-ring (bicyclic) bond motifs is 1. The van der Waals surface area contributed by atoms with Gasteiger partial charge in [-0.25, -0.2) is 5.43 Å². The SMILES string of the molecule is COc1ccc(CN2C(=NNC(=O)C(F)(F)F)C(CC(=O)O)OC(c3cccc(OC)c3Cl)c3cc(Cl)ccc32)c(OC)c1. The quantitative estimate of drug-likeness (QED) is 0.270. The minimum absolute atomic E-state index is 0.124. The third-order valence-corrected chi connectivity index (χ3v) is 7.28. The summed E-state index contributed by atoms with van der Waals surface area (Å²) in [5, 5.41) is 14.0. The summed E-state index contributed by atoms with van der Waals surface area (Å²) in [5.41, 5.74) is 3.06. The van der Waals surface area contributed by atoms with Crippen LogP contribution in [0.3, 0.4) is 0 Å². The Kier molecular flexibility index (Phi) is 10.1. The van der Waals surface area contributed by atoms with Gasteiger partial charge in [-0.15, -0.1) is 0 Å². The van der Waals surface area contributed by atoms with Crippen LogP contribution in [0.25, 0.3) is 0 Å². The number of hydrogen-bond acceptors (Lipinski definition) is 7. The van der Waals surface area contributed by atoms with E-state index in [1.165, 1.54) is 37.7 Å². The van der Waals surface area contributed by atoms with Crippen molar-refractivity contribution in [2.24, 2.45) is 5.10 Å². The minimum atomic E-state index is -5.27. The number of rotatable bonds is 9. The molecule has 15 heteroatoms. The summed E-state index contributed by atoms with van der Waals surface area (Å²) in [4.78, 5) is 25.3. The van der Waals surface area contributed by atoms with Gasteiger partial charge in [0.05, 0.1) is 39.3 Å². The molecule has 0 radical (unpaired) electrons. The Morgan fingerprint density at radius 2 is 1.73 bits per heavy atom. The lowest BCUT2D eigenvalue weighted by molar-refractivity contribution is -0.173. The van der Waals surface area contributed by atoms with E-state index in [-0.39, 0.29) is 22.4 Å². The third-order valence-electron chi connectivity index (χ3n) is 6.64. The first-order chi connectivity index (χ1) is 20.9. The topological polar surface area (TPSA) is 119 Å². The number of nitrogens with one attached hydrogen (secondary N) is 1. The molecular weight excluding hydrogens is 630 g/mol. The number of ether oxygens (including phenoxy) is 4. The monoisotopic (exact) mass is 655 g/mol. The van der Waals surface area contributed by atoms with E-state index in [2.05, 4.69) is 5.10 Å². The average Bonchev–Trinajstić information content (AvgIpc) is 3.09. The zero-order valence-electron chi connectivity index (χ0n) is 23.4. The van der Waals surface area contributed by atoms with E-state index >= 15 is 0 Å². The van der Waals surface area contributed by atoms with Crippen LogP contribution >= 0.6 is 23.2 Å². The molecular formula is C29H26Cl2F3N3O7. The van der Waals surface area contributed by atoms with Crippen LogP contribution in [-0.4, -0.2) is 56.4 Å². The van der Waals surface area contributed by atoms with Crippen LogP contribution < -0.4 is 24.5 Å². The van der Waals surface area contributed by atoms with Gasteiger partial charge < -0.3 is 29.0 Å². The summed E-state index contributed by atoms with van der Waals surface area (Å²) in [6, 6.07) is 14.4. The van der Waals surface area contributed by atoms with Gasteiger partial charge in [0.25, 0.3) is 0 Å². The lowest BCUT2D eigenvalue weighted by Gasteiger charge is -2.29. The maximum absolute atomic E-state index is 13.2. The highest BCUT2D eigenvalue weighted by molar-refractivity contribution is 6.33. The zero-order valence-corrected chi connectivity index (χ0v) is 25.0. The van der Waals surface area contributed by atoms with Crippen molar-refractivity contribution < 1.29 is 46.8 Å². The Labute approximate surface area is 259 Å². The summed E-state index contributed by atoms with van der Waals surface area (Å²) in [6.45, 7) is -0.124. The Hall–Kier alpha value is -4.20. The van der Waals surface area contributed by atoms with Crippen LogP contribution in [0.4, 0.5) is 18.9 Å². The van der Waals surface area contributed by atoms with Crippen molar-refractivity contribution in [3.8, 4) is 17.2 Å². The molecule has 0 saturated heterocycles. The highest BCUT2D eigenvalue weighted by atomic mass is 35.5. The molecule has 0 spiro atoms. The van der Waals surface area contributed by atoms with Gasteiger partial charge in [0.1, 0.15) is 29.5 Å². The molecule has 4 rings (SSSR count). The van der Waals surface area contributed by atoms with E-state index in [0.717, 1.165) is 0 Å². The maximum atomic E-state index is 13.2. The number of aliphatic carboxylic acids is 1. The number of amidine groups is 1. The number of carboxylic acids is 1. The van der Waals surface area contributed by atoms with Crippen molar-refractivity contribution in [3.63, 3.8) is 0 Å².